The Morgan fingerprint density at radius 1 is 1.15 bits per heavy atom. The Bertz CT molecular complexity index is 1000. The molecule has 1 N–H and O–H groups in total. The average molecular weight is 379 g/mol. The van der Waals surface area contributed by atoms with Crippen molar-refractivity contribution in [2.24, 2.45) is 0 Å². The highest BCUT2D eigenvalue weighted by molar-refractivity contribution is 6.31. The largest absolute Gasteiger partial charge is 0.350 e. The summed E-state index contributed by atoms with van der Waals surface area (Å²) in [6, 6.07) is 17.3. The normalized spacial score (nSPS) is 12.7. The molecule has 0 bridgehead atoms. The number of amides is 1. The summed E-state index contributed by atoms with van der Waals surface area (Å²) in [5, 5.41) is 3.85. The molecule has 2 heterocycles. The van der Waals surface area contributed by atoms with E-state index >= 15 is 0 Å². The summed E-state index contributed by atoms with van der Waals surface area (Å²) in [7, 11) is 0. The third kappa shape index (κ3) is 3.64. The second kappa shape index (κ2) is 7.37. The fourth-order valence-corrected chi connectivity index (χ4v) is 3.46. The molecule has 1 aliphatic rings. The zero-order valence-corrected chi connectivity index (χ0v) is 15.7. The summed E-state index contributed by atoms with van der Waals surface area (Å²) in [4.78, 5) is 23.7. The van der Waals surface area contributed by atoms with E-state index in [0.717, 1.165) is 23.4 Å². The van der Waals surface area contributed by atoms with Gasteiger partial charge in [-0.2, -0.15) is 0 Å². The molecule has 1 aliphatic heterocycles. The lowest BCUT2D eigenvalue weighted by molar-refractivity contribution is 0.0984. The molecule has 5 nitrogen and oxygen atoms in total. The summed E-state index contributed by atoms with van der Waals surface area (Å²) >= 11 is 6.20. The van der Waals surface area contributed by atoms with E-state index in [-0.39, 0.29) is 5.91 Å². The van der Waals surface area contributed by atoms with Gasteiger partial charge >= 0.3 is 0 Å². The molecule has 0 aliphatic carbocycles. The number of nitrogens with one attached hydrogen (secondary N) is 1. The number of para-hydroxylation sites is 1. The number of carbonyl (C=O) groups is 1. The summed E-state index contributed by atoms with van der Waals surface area (Å²) < 4.78 is 0. The Hall–Kier alpha value is -2.92. The molecule has 1 aromatic heterocycles. The molecule has 0 unspecified atom stereocenters. The van der Waals surface area contributed by atoms with E-state index in [1.165, 1.54) is 5.56 Å². The lowest BCUT2D eigenvalue weighted by Gasteiger charge is -2.17. The Labute approximate surface area is 163 Å². The van der Waals surface area contributed by atoms with Gasteiger partial charge in [-0.05, 0) is 42.7 Å². The van der Waals surface area contributed by atoms with E-state index < -0.39 is 0 Å². The molecule has 0 spiro atoms. The van der Waals surface area contributed by atoms with Crippen molar-refractivity contribution >= 4 is 29.1 Å². The van der Waals surface area contributed by atoms with E-state index in [2.05, 4.69) is 21.4 Å². The van der Waals surface area contributed by atoms with Crippen LogP contribution in [0.15, 0.2) is 54.6 Å². The number of rotatable bonds is 4. The van der Waals surface area contributed by atoms with Crippen LogP contribution in [-0.2, 0) is 13.0 Å². The van der Waals surface area contributed by atoms with Gasteiger partial charge in [-0.3, -0.25) is 4.79 Å². The second-order valence-corrected chi connectivity index (χ2v) is 6.91. The molecule has 4 rings (SSSR count). The van der Waals surface area contributed by atoms with E-state index in [9.17, 15) is 4.79 Å². The number of benzene rings is 2. The molecule has 0 radical (unpaired) electrons. The minimum absolute atomic E-state index is 0.105. The van der Waals surface area contributed by atoms with Gasteiger partial charge in [0.25, 0.3) is 5.91 Å². The number of hydrogen-bond donors (Lipinski definition) is 1. The molecule has 2 aromatic carbocycles. The number of hydrogen-bond acceptors (Lipinski definition) is 4. The number of aromatic nitrogens is 2. The molecule has 6 heteroatoms. The van der Waals surface area contributed by atoms with Crippen molar-refractivity contribution in [3.63, 3.8) is 0 Å². The van der Waals surface area contributed by atoms with E-state index in [4.69, 9.17) is 11.6 Å². The van der Waals surface area contributed by atoms with Gasteiger partial charge in [-0.25, -0.2) is 9.97 Å². The molecular formula is C21H19ClN4O. The molecule has 136 valence electrons. The maximum absolute atomic E-state index is 13.0. The molecule has 0 fully saturated rings. The minimum atomic E-state index is -0.105. The highest BCUT2D eigenvalue weighted by atomic mass is 35.5. The molecule has 0 saturated heterocycles. The third-order valence-corrected chi connectivity index (χ3v) is 4.97. The third-order valence-electron chi connectivity index (χ3n) is 4.60. The Morgan fingerprint density at radius 2 is 1.93 bits per heavy atom. The smallest absolute Gasteiger partial charge is 0.277 e. The van der Waals surface area contributed by atoms with Crippen molar-refractivity contribution in [2.75, 3.05) is 16.8 Å². The van der Waals surface area contributed by atoms with Gasteiger partial charge in [0.05, 0.1) is 0 Å². The van der Waals surface area contributed by atoms with Crippen LogP contribution in [0.5, 0.6) is 0 Å². The van der Waals surface area contributed by atoms with Crippen LogP contribution in [0.4, 0.5) is 11.6 Å². The van der Waals surface area contributed by atoms with Crippen LogP contribution in [0.3, 0.4) is 0 Å². The van der Waals surface area contributed by atoms with Crippen LogP contribution in [-0.4, -0.2) is 22.4 Å². The lowest BCUT2D eigenvalue weighted by atomic mass is 10.2. The predicted octanol–water partition coefficient (Wildman–Crippen LogP) is 4.25. The van der Waals surface area contributed by atoms with Gasteiger partial charge in [0.2, 0.25) is 5.95 Å². The fraction of sp³-hybridized carbons (Fsp3) is 0.190. The predicted molar refractivity (Wildman–Crippen MR) is 107 cm³/mol. The first kappa shape index (κ1) is 17.5. The number of aryl methyl sites for hydroxylation is 1. The lowest BCUT2D eigenvalue weighted by Crippen LogP contribution is -2.30. The van der Waals surface area contributed by atoms with E-state index in [1.807, 2.05) is 49.4 Å². The maximum atomic E-state index is 13.0. The van der Waals surface area contributed by atoms with Crippen molar-refractivity contribution in [1.29, 1.82) is 0 Å². The number of nitrogens with zero attached hydrogens (tertiary/aromatic N) is 3. The van der Waals surface area contributed by atoms with Gasteiger partial charge in [0, 0.05) is 29.5 Å². The van der Waals surface area contributed by atoms with Crippen molar-refractivity contribution < 1.29 is 4.79 Å². The monoisotopic (exact) mass is 378 g/mol. The molecule has 27 heavy (non-hydrogen) atoms. The SMILES string of the molecule is Cc1cc(C(=O)N2CCc3ccccc32)nc(NCc2ccccc2Cl)n1. The van der Waals surface area contributed by atoms with Crippen molar-refractivity contribution in [3.8, 4) is 0 Å². The van der Waals surface area contributed by atoms with Crippen molar-refractivity contribution in [3.05, 3.63) is 82.1 Å². The Balaban J connectivity index is 1.56. The molecular weight excluding hydrogens is 360 g/mol. The van der Waals surface area contributed by atoms with Crippen molar-refractivity contribution in [2.45, 2.75) is 19.9 Å². The summed E-state index contributed by atoms with van der Waals surface area (Å²) in [5.74, 6) is 0.317. The zero-order valence-electron chi connectivity index (χ0n) is 14.9. The number of fused-ring (bicyclic) bond motifs is 1. The first-order chi connectivity index (χ1) is 13.1. The summed E-state index contributed by atoms with van der Waals surface area (Å²) in [6.45, 7) is 3.02. The average Bonchev–Trinajstić information content (AvgIpc) is 3.10. The van der Waals surface area contributed by atoms with Gasteiger partial charge < -0.3 is 10.2 Å². The molecule has 0 saturated carbocycles. The fourth-order valence-electron chi connectivity index (χ4n) is 3.26. The van der Waals surface area contributed by atoms with E-state index in [1.54, 1.807) is 11.0 Å². The molecule has 3 aromatic rings. The molecule has 0 atom stereocenters. The Morgan fingerprint density at radius 3 is 2.78 bits per heavy atom. The minimum Gasteiger partial charge on any atom is -0.350 e. The number of halogens is 1. The second-order valence-electron chi connectivity index (χ2n) is 6.50. The Kier molecular flexibility index (Phi) is 4.77. The van der Waals surface area contributed by atoms with Crippen LogP contribution in [0.25, 0.3) is 0 Å². The van der Waals surface area contributed by atoms with Gasteiger partial charge in [-0.1, -0.05) is 48.0 Å². The van der Waals surface area contributed by atoms with Gasteiger partial charge in [0.1, 0.15) is 5.69 Å². The van der Waals surface area contributed by atoms with Crippen LogP contribution >= 0.6 is 11.6 Å². The van der Waals surface area contributed by atoms with Crippen LogP contribution < -0.4 is 10.2 Å². The van der Waals surface area contributed by atoms with Gasteiger partial charge in [-0.15, -0.1) is 0 Å². The number of anilines is 2. The highest BCUT2D eigenvalue weighted by Gasteiger charge is 2.26. The van der Waals surface area contributed by atoms with E-state index in [0.29, 0.717) is 29.8 Å². The first-order valence-electron chi connectivity index (χ1n) is 8.84. The summed E-state index contributed by atoms with van der Waals surface area (Å²) in [5.41, 5.74) is 4.23. The topological polar surface area (TPSA) is 58.1 Å². The maximum Gasteiger partial charge on any atom is 0.277 e. The van der Waals surface area contributed by atoms with Crippen LogP contribution in [0.1, 0.15) is 27.3 Å². The first-order valence-corrected chi connectivity index (χ1v) is 9.22. The standard InChI is InChI=1S/C21H19ClN4O/c1-14-12-18(20(27)26-11-10-15-6-3-5-9-19(15)26)25-21(24-14)23-13-16-7-2-4-8-17(16)22/h2-9,12H,10-11,13H2,1H3,(H,23,24,25). The molecule has 1 amide bonds. The number of carbonyl (C=O) groups excluding carboxylic acids is 1. The van der Waals surface area contributed by atoms with Crippen LogP contribution in [0, 0.1) is 6.92 Å². The van der Waals surface area contributed by atoms with Crippen LogP contribution in [0.2, 0.25) is 5.02 Å². The zero-order chi connectivity index (χ0) is 18.8. The van der Waals surface area contributed by atoms with Gasteiger partial charge in [0.15, 0.2) is 0 Å². The van der Waals surface area contributed by atoms with Crippen molar-refractivity contribution in [1.82, 2.24) is 9.97 Å². The summed E-state index contributed by atoms with van der Waals surface area (Å²) in [6.07, 6.45) is 0.865. The highest BCUT2D eigenvalue weighted by Crippen LogP contribution is 2.28. The quantitative estimate of drug-likeness (QED) is 0.737.